The molecule has 0 amide bonds. The average Bonchev–Trinajstić information content (AvgIpc) is 2.41. The van der Waals surface area contributed by atoms with Gasteiger partial charge >= 0.3 is 0 Å². The normalized spacial score (nSPS) is 20.7. The van der Waals surface area contributed by atoms with Crippen molar-refractivity contribution in [2.75, 3.05) is 38.2 Å². The molecule has 1 saturated heterocycles. The van der Waals surface area contributed by atoms with Crippen LogP contribution in [0, 0.1) is 5.82 Å². The van der Waals surface area contributed by atoms with Crippen LogP contribution in [-0.2, 0) is 9.84 Å². The van der Waals surface area contributed by atoms with Gasteiger partial charge in [-0.1, -0.05) is 12.1 Å². The minimum Gasteiger partial charge on any atom is -0.313 e. The molecule has 0 aliphatic carbocycles. The maximum Gasteiger partial charge on any atom is 0.152 e. The summed E-state index contributed by atoms with van der Waals surface area (Å²) in [4.78, 5) is 2.16. The molecule has 1 aromatic carbocycles. The van der Waals surface area contributed by atoms with Crippen LogP contribution in [0.4, 0.5) is 4.39 Å². The molecule has 1 atom stereocenters. The second-order valence-corrected chi connectivity index (χ2v) is 7.48. The molecule has 1 heterocycles. The van der Waals surface area contributed by atoms with E-state index < -0.39 is 9.84 Å². The lowest BCUT2D eigenvalue weighted by atomic mass is 10.0. The lowest BCUT2D eigenvalue weighted by molar-refractivity contribution is 0.277. The van der Waals surface area contributed by atoms with E-state index in [1.165, 1.54) is 6.07 Å². The van der Waals surface area contributed by atoms with Crippen molar-refractivity contribution in [3.63, 3.8) is 0 Å². The molecular weight excluding hydrogens is 279 g/mol. The van der Waals surface area contributed by atoms with E-state index in [-0.39, 0.29) is 23.4 Å². The fraction of sp³-hybridized carbons (Fsp3) is 0.571. The summed E-state index contributed by atoms with van der Waals surface area (Å²) in [7, 11) is -0.967. The molecule has 0 bridgehead atoms. The van der Waals surface area contributed by atoms with Gasteiger partial charge in [0.15, 0.2) is 9.84 Å². The molecule has 1 aliphatic rings. The summed E-state index contributed by atoms with van der Waals surface area (Å²) in [6, 6.07) is 6.69. The molecule has 1 aliphatic heterocycles. The SMILES string of the molecule is CNC(CCN1CCS(=O)(=O)CC1)c1cccc(F)c1. The highest BCUT2D eigenvalue weighted by Crippen LogP contribution is 2.18. The van der Waals surface area contributed by atoms with Crippen molar-refractivity contribution in [1.29, 1.82) is 0 Å². The molecule has 20 heavy (non-hydrogen) atoms. The number of halogens is 1. The number of benzene rings is 1. The highest BCUT2D eigenvalue weighted by atomic mass is 32.2. The number of hydrogen-bond donors (Lipinski definition) is 1. The zero-order valence-electron chi connectivity index (χ0n) is 11.7. The Morgan fingerprint density at radius 3 is 2.65 bits per heavy atom. The largest absolute Gasteiger partial charge is 0.313 e. The molecule has 1 unspecified atom stereocenters. The number of nitrogens with one attached hydrogen (secondary N) is 1. The van der Waals surface area contributed by atoms with Crippen molar-refractivity contribution in [3.8, 4) is 0 Å². The van der Waals surface area contributed by atoms with E-state index in [0.717, 1.165) is 18.5 Å². The van der Waals surface area contributed by atoms with Crippen LogP contribution in [0.1, 0.15) is 18.0 Å². The van der Waals surface area contributed by atoms with E-state index in [9.17, 15) is 12.8 Å². The first kappa shape index (κ1) is 15.4. The predicted molar refractivity (Wildman–Crippen MR) is 77.9 cm³/mol. The molecule has 0 spiro atoms. The van der Waals surface area contributed by atoms with Crippen molar-refractivity contribution in [2.45, 2.75) is 12.5 Å². The van der Waals surface area contributed by atoms with Crippen LogP contribution < -0.4 is 5.32 Å². The molecule has 1 aromatic rings. The maximum absolute atomic E-state index is 13.2. The summed E-state index contributed by atoms with van der Waals surface area (Å²) in [5.74, 6) is 0.265. The van der Waals surface area contributed by atoms with Gasteiger partial charge in [0.25, 0.3) is 0 Å². The van der Waals surface area contributed by atoms with Gasteiger partial charge in [-0.25, -0.2) is 12.8 Å². The third-order valence-corrected chi connectivity index (χ3v) is 5.38. The van der Waals surface area contributed by atoms with E-state index in [0.29, 0.717) is 13.1 Å². The maximum atomic E-state index is 13.2. The van der Waals surface area contributed by atoms with Crippen molar-refractivity contribution >= 4 is 9.84 Å². The Hall–Kier alpha value is -0.980. The zero-order chi connectivity index (χ0) is 14.6. The summed E-state index contributed by atoms with van der Waals surface area (Å²) >= 11 is 0. The number of rotatable bonds is 5. The Kier molecular flexibility index (Phi) is 5.12. The van der Waals surface area contributed by atoms with E-state index in [1.807, 2.05) is 13.1 Å². The lowest BCUT2D eigenvalue weighted by Gasteiger charge is -2.28. The third-order valence-electron chi connectivity index (χ3n) is 3.77. The van der Waals surface area contributed by atoms with Gasteiger partial charge in [0.05, 0.1) is 11.5 Å². The molecule has 4 nitrogen and oxygen atoms in total. The van der Waals surface area contributed by atoms with Crippen molar-refractivity contribution in [1.82, 2.24) is 10.2 Å². The topological polar surface area (TPSA) is 49.4 Å². The van der Waals surface area contributed by atoms with E-state index in [1.54, 1.807) is 12.1 Å². The Morgan fingerprint density at radius 2 is 2.05 bits per heavy atom. The number of hydrogen-bond acceptors (Lipinski definition) is 4. The zero-order valence-corrected chi connectivity index (χ0v) is 12.5. The summed E-state index contributed by atoms with van der Waals surface area (Å²) in [6.07, 6.45) is 0.833. The molecular formula is C14H21FN2O2S. The molecule has 0 aromatic heterocycles. The Morgan fingerprint density at radius 1 is 1.35 bits per heavy atom. The van der Waals surface area contributed by atoms with Crippen LogP contribution >= 0.6 is 0 Å². The monoisotopic (exact) mass is 300 g/mol. The van der Waals surface area contributed by atoms with Crippen LogP contribution in [-0.4, -0.2) is 51.5 Å². The van der Waals surface area contributed by atoms with Gasteiger partial charge in [-0.2, -0.15) is 0 Å². The quantitative estimate of drug-likeness (QED) is 0.888. The molecule has 2 rings (SSSR count). The van der Waals surface area contributed by atoms with Gasteiger partial charge in [-0.15, -0.1) is 0 Å². The minimum absolute atomic E-state index is 0.0873. The van der Waals surface area contributed by atoms with Gasteiger partial charge in [0, 0.05) is 25.7 Å². The Labute approximate surface area is 119 Å². The van der Waals surface area contributed by atoms with Crippen LogP contribution in [0.2, 0.25) is 0 Å². The first-order chi connectivity index (χ1) is 9.50. The van der Waals surface area contributed by atoms with E-state index in [2.05, 4.69) is 10.2 Å². The fourth-order valence-electron chi connectivity index (χ4n) is 2.49. The van der Waals surface area contributed by atoms with Crippen molar-refractivity contribution < 1.29 is 12.8 Å². The minimum atomic E-state index is -2.82. The summed E-state index contributed by atoms with van der Waals surface area (Å²) in [5.41, 5.74) is 0.928. The fourth-order valence-corrected chi connectivity index (χ4v) is 3.76. The highest BCUT2D eigenvalue weighted by molar-refractivity contribution is 7.91. The van der Waals surface area contributed by atoms with E-state index >= 15 is 0 Å². The van der Waals surface area contributed by atoms with Gasteiger partial charge in [-0.05, 0) is 31.2 Å². The molecule has 0 radical (unpaired) electrons. The lowest BCUT2D eigenvalue weighted by Crippen LogP contribution is -2.41. The van der Waals surface area contributed by atoms with Crippen molar-refractivity contribution in [3.05, 3.63) is 35.6 Å². The van der Waals surface area contributed by atoms with Crippen molar-refractivity contribution in [2.24, 2.45) is 0 Å². The second-order valence-electron chi connectivity index (χ2n) is 5.18. The second kappa shape index (κ2) is 6.65. The van der Waals surface area contributed by atoms with Gasteiger partial charge in [0.1, 0.15) is 5.82 Å². The smallest absolute Gasteiger partial charge is 0.152 e. The van der Waals surface area contributed by atoms with Crippen LogP contribution in [0.25, 0.3) is 0 Å². The summed E-state index contributed by atoms with van der Waals surface area (Å²) in [5, 5.41) is 3.19. The Bertz CT molecular complexity index is 534. The van der Waals surface area contributed by atoms with Crippen LogP contribution in [0.5, 0.6) is 0 Å². The van der Waals surface area contributed by atoms with Crippen LogP contribution in [0.15, 0.2) is 24.3 Å². The molecule has 6 heteroatoms. The van der Waals surface area contributed by atoms with Gasteiger partial charge in [0.2, 0.25) is 0 Å². The summed E-state index contributed by atoms with van der Waals surface area (Å²) in [6.45, 7) is 2.02. The third kappa shape index (κ3) is 4.26. The molecule has 0 saturated carbocycles. The van der Waals surface area contributed by atoms with Crippen LogP contribution in [0.3, 0.4) is 0 Å². The van der Waals surface area contributed by atoms with Gasteiger partial charge < -0.3 is 10.2 Å². The first-order valence-corrected chi connectivity index (χ1v) is 8.68. The standard InChI is InChI=1S/C14H21FN2O2S/c1-16-14(12-3-2-4-13(15)11-12)5-6-17-7-9-20(18,19)10-8-17/h2-4,11,14,16H,5-10H2,1H3. The summed E-state index contributed by atoms with van der Waals surface area (Å²) < 4.78 is 36.0. The predicted octanol–water partition coefficient (Wildman–Crippen LogP) is 1.21. The number of nitrogens with zero attached hydrogens (tertiary/aromatic N) is 1. The molecule has 1 N–H and O–H groups in total. The first-order valence-electron chi connectivity index (χ1n) is 6.86. The molecule has 1 fully saturated rings. The number of sulfone groups is 1. The highest BCUT2D eigenvalue weighted by Gasteiger charge is 2.22. The average molecular weight is 300 g/mol. The molecule has 112 valence electrons. The Balaban J connectivity index is 1.89. The van der Waals surface area contributed by atoms with E-state index in [4.69, 9.17) is 0 Å². The van der Waals surface area contributed by atoms with Gasteiger partial charge in [-0.3, -0.25) is 0 Å².